The van der Waals surface area contributed by atoms with E-state index < -0.39 is 0 Å². The minimum Gasteiger partial charge on any atom is -0.370 e. The first-order chi connectivity index (χ1) is 9.13. The highest BCUT2D eigenvalue weighted by Gasteiger charge is 2.27. The van der Waals surface area contributed by atoms with Gasteiger partial charge in [-0.15, -0.1) is 0 Å². The number of nitrogens with zero attached hydrogens (tertiary/aromatic N) is 1. The molecule has 3 heteroatoms. The van der Waals surface area contributed by atoms with Gasteiger partial charge in [0.15, 0.2) is 0 Å². The minimum absolute atomic E-state index is 0.652. The third-order valence-electron chi connectivity index (χ3n) is 4.07. The number of aryl methyl sites for hydroxylation is 1. The SMILES string of the molecule is CCCNC1CCN(c2c(C)cccc2Cl)CC1C. The number of para-hydroxylation sites is 1. The van der Waals surface area contributed by atoms with Gasteiger partial charge in [-0.2, -0.15) is 0 Å². The molecule has 1 aliphatic heterocycles. The highest BCUT2D eigenvalue weighted by molar-refractivity contribution is 6.33. The Morgan fingerprint density at radius 1 is 1.42 bits per heavy atom. The summed E-state index contributed by atoms with van der Waals surface area (Å²) in [5.41, 5.74) is 2.50. The Kier molecular flexibility index (Phi) is 5.12. The lowest BCUT2D eigenvalue weighted by Gasteiger charge is -2.39. The second-order valence-electron chi connectivity index (χ2n) is 5.68. The number of rotatable bonds is 4. The van der Waals surface area contributed by atoms with Crippen molar-refractivity contribution in [2.75, 3.05) is 24.5 Å². The van der Waals surface area contributed by atoms with Crippen molar-refractivity contribution in [2.45, 2.75) is 39.7 Å². The van der Waals surface area contributed by atoms with Crippen LogP contribution in [-0.2, 0) is 0 Å². The molecule has 1 aliphatic rings. The minimum atomic E-state index is 0.652. The van der Waals surface area contributed by atoms with Gasteiger partial charge in [-0.1, -0.05) is 37.6 Å². The quantitative estimate of drug-likeness (QED) is 0.901. The van der Waals surface area contributed by atoms with Crippen LogP contribution in [0.2, 0.25) is 5.02 Å². The molecule has 0 saturated carbocycles. The van der Waals surface area contributed by atoms with E-state index in [1.807, 2.05) is 12.1 Å². The van der Waals surface area contributed by atoms with Gasteiger partial charge in [-0.25, -0.2) is 0 Å². The van der Waals surface area contributed by atoms with Crippen molar-refractivity contribution in [3.05, 3.63) is 28.8 Å². The monoisotopic (exact) mass is 280 g/mol. The fourth-order valence-corrected chi connectivity index (χ4v) is 3.35. The average Bonchev–Trinajstić information content (AvgIpc) is 2.37. The fourth-order valence-electron chi connectivity index (χ4n) is 3.01. The summed E-state index contributed by atoms with van der Waals surface area (Å²) in [7, 11) is 0. The molecule has 2 rings (SSSR count). The molecule has 1 N–H and O–H groups in total. The van der Waals surface area contributed by atoms with E-state index in [0.717, 1.165) is 24.7 Å². The van der Waals surface area contributed by atoms with Crippen molar-refractivity contribution in [3.63, 3.8) is 0 Å². The van der Waals surface area contributed by atoms with Gasteiger partial charge in [0.05, 0.1) is 10.7 Å². The van der Waals surface area contributed by atoms with Crippen LogP contribution in [0.4, 0.5) is 5.69 Å². The summed E-state index contributed by atoms with van der Waals surface area (Å²) in [6.07, 6.45) is 2.41. The predicted octanol–water partition coefficient (Wildman–Crippen LogP) is 3.86. The number of nitrogens with one attached hydrogen (secondary N) is 1. The van der Waals surface area contributed by atoms with Crippen LogP contribution >= 0.6 is 11.6 Å². The van der Waals surface area contributed by atoms with Crippen molar-refractivity contribution in [1.29, 1.82) is 0 Å². The van der Waals surface area contributed by atoms with Crippen LogP contribution in [0.15, 0.2) is 18.2 Å². The molecule has 19 heavy (non-hydrogen) atoms. The largest absolute Gasteiger partial charge is 0.370 e. The molecule has 1 fully saturated rings. The molecule has 1 heterocycles. The summed E-state index contributed by atoms with van der Waals surface area (Å²) < 4.78 is 0. The van der Waals surface area contributed by atoms with Crippen LogP contribution < -0.4 is 10.2 Å². The van der Waals surface area contributed by atoms with Crippen LogP contribution in [0, 0.1) is 12.8 Å². The summed E-state index contributed by atoms with van der Waals surface area (Å²) >= 11 is 6.37. The highest BCUT2D eigenvalue weighted by atomic mass is 35.5. The molecular formula is C16H25ClN2. The Labute approximate surface area is 122 Å². The Hall–Kier alpha value is -0.730. The molecular weight excluding hydrogens is 256 g/mol. The van der Waals surface area contributed by atoms with E-state index in [-0.39, 0.29) is 0 Å². The molecule has 0 amide bonds. The van der Waals surface area contributed by atoms with Crippen molar-refractivity contribution in [2.24, 2.45) is 5.92 Å². The molecule has 0 bridgehead atoms. The van der Waals surface area contributed by atoms with E-state index in [1.165, 1.54) is 24.1 Å². The van der Waals surface area contributed by atoms with Gasteiger partial charge >= 0.3 is 0 Å². The van der Waals surface area contributed by atoms with Crippen molar-refractivity contribution in [1.82, 2.24) is 5.32 Å². The van der Waals surface area contributed by atoms with Gasteiger partial charge in [-0.3, -0.25) is 0 Å². The van der Waals surface area contributed by atoms with E-state index in [0.29, 0.717) is 12.0 Å². The zero-order valence-corrected chi connectivity index (χ0v) is 13.0. The zero-order valence-electron chi connectivity index (χ0n) is 12.2. The molecule has 2 unspecified atom stereocenters. The Bertz CT molecular complexity index is 399. The van der Waals surface area contributed by atoms with Crippen LogP contribution in [0.1, 0.15) is 32.3 Å². The van der Waals surface area contributed by atoms with E-state index in [2.05, 4.69) is 37.1 Å². The Balaban J connectivity index is 2.05. The number of hydrogen-bond donors (Lipinski definition) is 1. The average molecular weight is 281 g/mol. The van der Waals surface area contributed by atoms with Crippen molar-refractivity contribution < 1.29 is 0 Å². The summed E-state index contributed by atoms with van der Waals surface area (Å²) in [4.78, 5) is 2.45. The van der Waals surface area contributed by atoms with E-state index >= 15 is 0 Å². The van der Waals surface area contributed by atoms with Gasteiger partial charge in [-0.05, 0) is 43.9 Å². The first-order valence-electron chi connectivity index (χ1n) is 7.37. The fraction of sp³-hybridized carbons (Fsp3) is 0.625. The van der Waals surface area contributed by atoms with Crippen LogP contribution in [-0.4, -0.2) is 25.7 Å². The third kappa shape index (κ3) is 3.43. The molecule has 106 valence electrons. The Morgan fingerprint density at radius 3 is 2.84 bits per heavy atom. The molecule has 1 saturated heterocycles. The number of hydrogen-bond acceptors (Lipinski definition) is 2. The smallest absolute Gasteiger partial charge is 0.0642 e. The van der Waals surface area contributed by atoms with Crippen LogP contribution in [0.3, 0.4) is 0 Å². The number of benzene rings is 1. The molecule has 1 aromatic rings. The van der Waals surface area contributed by atoms with Gasteiger partial charge in [0.25, 0.3) is 0 Å². The first kappa shape index (κ1) is 14.7. The Morgan fingerprint density at radius 2 is 2.21 bits per heavy atom. The maximum atomic E-state index is 6.37. The molecule has 0 aliphatic carbocycles. The van der Waals surface area contributed by atoms with Gasteiger partial charge in [0, 0.05) is 19.1 Å². The lowest BCUT2D eigenvalue weighted by atomic mass is 9.93. The number of anilines is 1. The third-order valence-corrected chi connectivity index (χ3v) is 4.37. The maximum Gasteiger partial charge on any atom is 0.0642 e. The van der Waals surface area contributed by atoms with Gasteiger partial charge < -0.3 is 10.2 Å². The number of piperidine rings is 1. The first-order valence-corrected chi connectivity index (χ1v) is 7.74. The molecule has 2 atom stereocenters. The normalized spacial score (nSPS) is 23.7. The zero-order chi connectivity index (χ0) is 13.8. The molecule has 1 aromatic carbocycles. The summed E-state index contributed by atoms with van der Waals surface area (Å²) in [6, 6.07) is 6.82. The van der Waals surface area contributed by atoms with E-state index in [4.69, 9.17) is 11.6 Å². The lowest BCUT2D eigenvalue weighted by molar-refractivity contribution is 0.322. The van der Waals surface area contributed by atoms with Crippen LogP contribution in [0.5, 0.6) is 0 Å². The molecule has 0 radical (unpaired) electrons. The predicted molar refractivity (Wildman–Crippen MR) is 84.3 cm³/mol. The standard InChI is InChI=1S/C16H25ClN2/c1-4-9-18-15-8-10-19(11-13(15)3)16-12(2)6-5-7-14(16)17/h5-7,13,15,18H,4,8-11H2,1-3H3. The van der Waals surface area contributed by atoms with E-state index in [1.54, 1.807) is 0 Å². The molecule has 0 aromatic heterocycles. The molecule has 0 spiro atoms. The second-order valence-corrected chi connectivity index (χ2v) is 6.09. The molecule has 2 nitrogen and oxygen atoms in total. The van der Waals surface area contributed by atoms with Gasteiger partial charge in [0.1, 0.15) is 0 Å². The highest BCUT2D eigenvalue weighted by Crippen LogP contribution is 2.32. The summed E-state index contributed by atoms with van der Waals surface area (Å²) in [5, 5.41) is 4.54. The summed E-state index contributed by atoms with van der Waals surface area (Å²) in [5.74, 6) is 0.663. The van der Waals surface area contributed by atoms with Gasteiger partial charge in [0.2, 0.25) is 0 Å². The topological polar surface area (TPSA) is 15.3 Å². The lowest BCUT2D eigenvalue weighted by Crippen LogP contribution is -2.48. The maximum absolute atomic E-state index is 6.37. The summed E-state index contributed by atoms with van der Waals surface area (Å²) in [6.45, 7) is 10.0. The van der Waals surface area contributed by atoms with Crippen molar-refractivity contribution in [3.8, 4) is 0 Å². The van der Waals surface area contributed by atoms with Crippen LogP contribution in [0.25, 0.3) is 0 Å². The van der Waals surface area contributed by atoms with E-state index in [9.17, 15) is 0 Å². The van der Waals surface area contributed by atoms with Crippen molar-refractivity contribution >= 4 is 17.3 Å². The number of halogens is 1. The second kappa shape index (κ2) is 6.62.